The molecular formula is C18H26N4O3S. The highest BCUT2D eigenvalue weighted by atomic mass is 32.2. The van der Waals surface area contributed by atoms with Crippen LogP contribution in [0.15, 0.2) is 33.7 Å². The predicted molar refractivity (Wildman–Crippen MR) is 104 cm³/mol. The second-order valence-corrected chi connectivity index (χ2v) is 8.80. The van der Waals surface area contributed by atoms with Crippen molar-refractivity contribution in [2.45, 2.75) is 13.5 Å². The molecule has 2 heterocycles. The van der Waals surface area contributed by atoms with E-state index in [1.54, 1.807) is 7.05 Å². The van der Waals surface area contributed by atoms with E-state index in [1.807, 2.05) is 18.2 Å². The van der Waals surface area contributed by atoms with Crippen molar-refractivity contribution in [3.05, 3.63) is 35.6 Å². The number of nitrogens with one attached hydrogen (secondary N) is 2. The summed E-state index contributed by atoms with van der Waals surface area (Å²) < 4.78 is 28.8. The highest BCUT2D eigenvalue weighted by Crippen LogP contribution is 2.24. The summed E-state index contributed by atoms with van der Waals surface area (Å²) in [5.41, 5.74) is 2.03. The second-order valence-electron chi connectivity index (χ2n) is 6.49. The van der Waals surface area contributed by atoms with E-state index in [4.69, 9.17) is 4.42 Å². The number of hydrogen-bond acceptors (Lipinski definition) is 5. The molecule has 1 aromatic heterocycles. The number of sulfone groups is 1. The van der Waals surface area contributed by atoms with Crippen molar-refractivity contribution in [1.29, 1.82) is 0 Å². The van der Waals surface area contributed by atoms with Crippen LogP contribution in [-0.2, 0) is 16.4 Å². The smallest absolute Gasteiger partial charge is 0.191 e. The van der Waals surface area contributed by atoms with Crippen LogP contribution in [0.2, 0.25) is 0 Å². The lowest BCUT2D eigenvalue weighted by Gasteiger charge is -2.26. The summed E-state index contributed by atoms with van der Waals surface area (Å²) in [6.45, 7) is 5.33. The molecule has 0 aliphatic carbocycles. The molecule has 1 aliphatic rings. The number of aryl methyl sites for hydroxylation is 1. The molecule has 0 unspecified atom stereocenters. The summed E-state index contributed by atoms with van der Waals surface area (Å²) >= 11 is 0. The van der Waals surface area contributed by atoms with Gasteiger partial charge in [0.25, 0.3) is 0 Å². The molecule has 3 rings (SSSR count). The molecule has 1 fully saturated rings. The first-order valence-electron chi connectivity index (χ1n) is 8.83. The van der Waals surface area contributed by atoms with E-state index >= 15 is 0 Å². The van der Waals surface area contributed by atoms with Gasteiger partial charge in [-0.2, -0.15) is 0 Å². The van der Waals surface area contributed by atoms with Crippen molar-refractivity contribution < 1.29 is 12.8 Å². The zero-order valence-corrected chi connectivity index (χ0v) is 16.1. The normalized spacial score (nSPS) is 18.2. The summed E-state index contributed by atoms with van der Waals surface area (Å²) in [4.78, 5) is 6.39. The molecule has 0 radical (unpaired) electrons. The largest absolute Gasteiger partial charge is 0.459 e. The molecule has 0 spiro atoms. The Kier molecular flexibility index (Phi) is 5.83. The lowest BCUT2D eigenvalue weighted by Crippen LogP contribution is -2.45. The SMILES string of the molecule is CN=C(NCCN1CCS(=O)(=O)CC1)NCc1oc2ccccc2c1C. The average molecular weight is 378 g/mol. The summed E-state index contributed by atoms with van der Waals surface area (Å²) in [5.74, 6) is 2.11. The Morgan fingerprint density at radius 3 is 2.65 bits per heavy atom. The van der Waals surface area contributed by atoms with Gasteiger partial charge in [-0.3, -0.25) is 9.89 Å². The summed E-state index contributed by atoms with van der Waals surface area (Å²) in [7, 11) is -1.09. The molecule has 7 nitrogen and oxygen atoms in total. The Morgan fingerprint density at radius 2 is 1.96 bits per heavy atom. The Morgan fingerprint density at radius 1 is 1.23 bits per heavy atom. The maximum atomic E-state index is 11.5. The van der Waals surface area contributed by atoms with Gasteiger partial charge in [-0.15, -0.1) is 0 Å². The van der Waals surface area contributed by atoms with Crippen LogP contribution >= 0.6 is 0 Å². The van der Waals surface area contributed by atoms with Gasteiger partial charge in [0.15, 0.2) is 15.8 Å². The monoisotopic (exact) mass is 378 g/mol. The minimum Gasteiger partial charge on any atom is -0.459 e. The van der Waals surface area contributed by atoms with Crippen LogP contribution in [0.25, 0.3) is 11.0 Å². The topological polar surface area (TPSA) is 86.9 Å². The zero-order chi connectivity index (χ0) is 18.6. The Hall–Kier alpha value is -2.06. The molecule has 0 atom stereocenters. The van der Waals surface area contributed by atoms with Crippen molar-refractivity contribution in [2.24, 2.45) is 4.99 Å². The zero-order valence-electron chi connectivity index (χ0n) is 15.3. The van der Waals surface area contributed by atoms with Crippen LogP contribution in [0.4, 0.5) is 0 Å². The maximum absolute atomic E-state index is 11.5. The summed E-state index contributed by atoms with van der Waals surface area (Å²) in [5, 5.41) is 7.67. The fourth-order valence-corrected chi connectivity index (χ4v) is 4.36. The lowest BCUT2D eigenvalue weighted by molar-refractivity contribution is 0.299. The molecule has 1 aromatic carbocycles. The van der Waals surface area contributed by atoms with E-state index < -0.39 is 9.84 Å². The first-order chi connectivity index (χ1) is 12.5. The average Bonchev–Trinajstić information content (AvgIpc) is 2.95. The van der Waals surface area contributed by atoms with Crippen LogP contribution < -0.4 is 10.6 Å². The van der Waals surface area contributed by atoms with Crippen molar-refractivity contribution in [3.63, 3.8) is 0 Å². The Bertz CT molecular complexity index is 875. The van der Waals surface area contributed by atoms with Gasteiger partial charge in [0.2, 0.25) is 0 Å². The lowest BCUT2D eigenvalue weighted by atomic mass is 10.1. The van der Waals surface area contributed by atoms with Crippen LogP contribution in [0, 0.1) is 6.92 Å². The molecule has 142 valence electrons. The van der Waals surface area contributed by atoms with Crippen molar-refractivity contribution in [3.8, 4) is 0 Å². The summed E-state index contributed by atoms with van der Waals surface area (Å²) in [6, 6.07) is 8.00. The van der Waals surface area contributed by atoms with E-state index in [0.717, 1.165) is 28.8 Å². The molecule has 2 aromatic rings. The standard InChI is InChI=1S/C18H26N4O3S/c1-14-15-5-3-4-6-16(15)25-17(14)13-21-18(19-2)20-7-8-22-9-11-26(23,24)12-10-22/h3-6H,7-13H2,1-2H3,(H2,19,20,21). The van der Waals surface area contributed by atoms with E-state index in [0.29, 0.717) is 32.1 Å². The quantitative estimate of drug-likeness (QED) is 0.599. The molecule has 0 bridgehead atoms. The fraction of sp³-hybridized carbons (Fsp3) is 0.500. The first-order valence-corrected chi connectivity index (χ1v) is 10.6. The van der Waals surface area contributed by atoms with Crippen molar-refractivity contribution in [2.75, 3.05) is 44.7 Å². The van der Waals surface area contributed by atoms with Gasteiger partial charge in [0, 0.05) is 44.2 Å². The third-order valence-electron chi connectivity index (χ3n) is 4.74. The van der Waals surface area contributed by atoms with Gasteiger partial charge in [0.1, 0.15) is 11.3 Å². The molecule has 2 N–H and O–H groups in total. The predicted octanol–water partition coefficient (Wildman–Crippen LogP) is 1.14. The minimum atomic E-state index is -2.82. The van der Waals surface area contributed by atoms with E-state index in [2.05, 4.69) is 33.5 Å². The number of aliphatic imine (C=N–C) groups is 1. The number of hydrogen-bond donors (Lipinski definition) is 2. The van der Waals surface area contributed by atoms with E-state index in [1.165, 1.54) is 0 Å². The van der Waals surface area contributed by atoms with Crippen molar-refractivity contribution >= 4 is 26.8 Å². The maximum Gasteiger partial charge on any atom is 0.191 e. The highest BCUT2D eigenvalue weighted by Gasteiger charge is 2.21. The van der Waals surface area contributed by atoms with E-state index in [9.17, 15) is 8.42 Å². The molecule has 0 amide bonds. The number of nitrogens with zero attached hydrogens (tertiary/aromatic N) is 2. The number of rotatable bonds is 5. The van der Waals surface area contributed by atoms with Crippen LogP contribution in [-0.4, -0.2) is 64.0 Å². The van der Waals surface area contributed by atoms with Crippen LogP contribution in [0.5, 0.6) is 0 Å². The van der Waals surface area contributed by atoms with Gasteiger partial charge < -0.3 is 15.1 Å². The van der Waals surface area contributed by atoms with Gasteiger partial charge in [-0.05, 0) is 13.0 Å². The minimum absolute atomic E-state index is 0.255. The van der Waals surface area contributed by atoms with Gasteiger partial charge in [-0.1, -0.05) is 18.2 Å². The number of furan rings is 1. The van der Waals surface area contributed by atoms with Crippen molar-refractivity contribution in [1.82, 2.24) is 15.5 Å². The number of para-hydroxylation sites is 1. The van der Waals surface area contributed by atoms with Gasteiger partial charge in [0.05, 0.1) is 18.1 Å². The molecule has 1 saturated heterocycles. The third kappa shape index (κ3) is 4.56. The van der Waals surface area contributed by atoms with Crippen LogP contribution in [0.1, 0.15) is 11.3 Å². The Balaban J connectivity index is 1.47. The second kappa shape index (κ2) is 8.09. The molecule has 1 aliphatic heterocycles. The third-order valence-corrected chi connectivity index (χ3v) is 6.35. The summed E-state index contributed by atoms with van der Waals surface area (Å²) in [6.07, 6.45) is 0. The molecule has 0 saturated carbocycles. The molecule has 26 heavy (non-hydrogen) atoms. The van der Waals surface area contributed by atoms with Gasteiger partial charge in [-0.25, -0.2) is 8.42 Å². The van der Waals surface area contributed by atoms with Gasteiger partial charge >= 0.3 is 0 Å². The first kappa shape index (κ1) is 18.7. The Labute approximate surface area is 154 Å². The molecular weight excluding hydrogens is 352 g/mol. The number of guanidine groups is 1. The number of fused-ring (bicyclic) bond motifs is 1. The van der Waals surface area contributed by atoms with E-state index in [-0.39, 0.29) is 11.5 Å². The highest BCUT2D eigenvalue weighted by molar-refractivity contribution is 7.91. The molecule has 8 heteroatoms. The number of benzene rings is 1. The van der Waals surface area contributed by atoms with Crippen LogP contribution in [0.3, 0.4) is 0 Å². The fourth-order valence-electron chi connectivity index (χ4n) is 3.08.